The molecule has 0 amide bonds. The maximum Gasteiger partial charge on any atom is 0.0991 e. The summed E-state index contributed by atoms with van der Waals surface area (Å²) in [6.07, 6.45) is 0.662. The van der Waals surface area contributed by atoms with E-state index in [1.165, 1.54) is 4.70 Å². The molecule has 0 bridgehead atoms. The van der Waals surface area contributed by atoms with Crippen molar-refractivity contribution in [2.24, 2.45) is 0 Å². The summed E-state index contributed by atoms with van der Waals surface area (Å²) in [5.74, 6) is 0. The first-order chi connectivity index (χ1) is 6.85. The molecular formula is C11H9NOS. The van der Waals surface area contributed by atoms with E-state index in [0.717, 1.165) is 10.9 Å². The van der Waals surface area contributed by atoms with E-state index >= 15 is 0 Å². The van der Waals surface area contributed by atoms with Crippen LogP contribution in [0.25, 0.3) is 10.1 Å². The van der Waals surface area contributed by atoms with E-state index in [1.807, 2.05) is 23.6 Å². The Morgan fingerprint density at radius 1 is 1.43 bits per heavy atom. The number of fused-ring (bicyclic) bond motifs is 1. The van der Waals surface area contributed by atoms with Crippen molar-refractivity contribution < 1.29 is 5.11 Å². The molecule has 0 atom stereocenters. The van der Waals surface area contributed by atoms with Crippen molar-refractivity contribution in [2.75, 3.05) is 6.61 Å². The quantitative estimate of drug-likeness (QED) is 0.814. The van der Waals surface area contributed by atoms with E-state index in [0.29, 0.717) is 12.0 Å². The molecule has 14 heavy (non-hydrogen) atoms. The summed E-state index contributed by atoms with van der Waals surface area (Å²) >= 11 is 1.65. The number of benzene rings is 1. The fraction of sp³-hybridized carbons (Fsp3) is 0.182. The van der Waals surface area contributed by atoms with Gasteiger partial charge in [0.2, 0.25) is 0 Å². The van der Waals surface area contributed by atoms with Crippen LogP contribution in [-0.4, -0.2) is 11.7 Å². The minimum Gasteiger partial charge on any atom is -0.396 e. The monoisotopic (exact) mass is 203 g/mol. The van der Waals surface area contributed by atoms with Crippen LogP contribution in [0.2, 0.25) is 0 Å². The molecule has 1 aromatic heterocycles. The molecular weight excluding hydrogens is 194 g/mol. The molecule has 2 rings (SSSR count). The van der Waals surface area contributed by atoms with Gasteiger partial charge in [0, 0.05) is 11.3 Å². The number of hydrogen-bond acceptors (Lipinski definition) is 3. The smallest absolute Gasteiger partial charge is 0.0991 e. The zero-order valence-corrected chi connectivity index (χ0v) is 8.34. The summed E-state index contributed by atoms with van der Waals surface area (Å²) in [5, 5.41) is 20.8. The number of thiophene rings is 1. The lowest BCUT2D eigenvalue weighted by Gasteiger charge is -1.95. The number of nitriles is 1. The average Bonchev–Trinajstić information content (AvgIpc) is 2.61. The van der Waals surface area contributed by atoms with Crippen LogP contribution in [0.15, 0.2) is 23.6 Å². The van der Waals surface area contributed by atoms with Gasteiger partial charge >= 0.3 is 0 Å². The predicted molar refractivity (Wildman–Crippen MR) is 57.3 cm³/mol. The van der Waals surface area contributed by atoms with Crippen molar-refractivity contribution in [1.82, 2.24) is 0 Å². The minimum atomic E-state index is 0.155. The Hall–Kier alpha value is -1.37. The molecule has 0 fully saturated rings. The summed E-state index contributed by atoms with van der Waals surface area (Å²) in [5.41, 5.74) is 1.81. The summed E-state index contributed by atoms with van der Waals surface area (Å²) in [6.45, 7) is 0.155. The molecule has 0 aliphatic rings. The fourth-order valence-electron chi connectivity index (χ4n) is 1.47. The molecule has 1 heterocycles. The first kappa shape index (κ1) is 9.20. The third kappa shape index (κ3) is 1.50. The number of rotatable bonds is 2. The molecule has 0 radical (unpaired) electrons. The van der Waals surface area contributed by atoms with Gasteiger partial charge in [-0.1, -0.05) is 0 Å². The number of aliphatic hydroxyl groups excluding tert-OH is 1. The largest absolute Gasteiger partial charge is 0.396 e. The van der Waals surface area contributed by atoms with Crippen molar-refractivity contribution in [3.63, 3.8) is 0 Å². The Balaban J connectivity index is 2.59. The van der Waals surface area contributed by atoms with Gasteiger partial charge in [0.15, 0.2) is 0 Å². The van der Waals surface area contributed by atoms with E-state index in [-0.39, 0.29) is 6.61 Å². The van der Waals surface area contributed by atoms with Gasteiger partial charge in [-0.05, 0) is 40.9 Å². The van der Waals surface area contributed by atoms with Crippen molar-refractivity contribution >= 4 is 21.4 Å². The Kier molecular flexibility index (Phi) is 2.49. The SMILES string of the molecule is N#Cc1ccc2scc(CCO)c2c1. The highest BCUT2D eigenvalue weighted by Gasteiger charge is 2.03. The molecule has 1 aromatic carbocycles. The minimum absolute atomic E-state index is 0.155. The Morgan fingerprint density at radius 2 is 2.29 bits per heavy atom. The topological polar surface area (TPSA) is 44.0 Å². The highest BCUT2D eigenvalue weighted by atomic mass is 32.1. The van der Waals surface area contributed by atoms with Crippen LogP contribution >= 0.6 is 11.3 Å². The van der Waals surface area contributed by atoms with Crippen LogP contribution in [0.3, 0.4) is 0 Å². The predicted octanol–water partition coefficient (Wildman–Crippen LogP) is 2.31. The van der Waals surface area contributed by atoms with E-state index in [1.54, 1.807) is 11.3 Å². The second kappa shape index (κ2) is 3.79. The maximum absolute atomic E-state index is 8.86. The number of hydrogen-bond donors (Lipinski definition) is 1. The Labute approximate surface area is 86.0 Å². The van der Waals surface area contributed by atoms with Gasteiger partial charge in [-0.25, -0.2) is 0 Å². The van der Waals surface area contributed by atoms with Crippen LogP contribution in [0, 0.1) is 11.3 Å². The van der Waals surface area contributed by atoms with Gasteiger partial charge in [-0.2, -0.15) is 5.26 Å². The normalized spacial score (nSPS) is 10.3. The molecule has 0 spiro atoms. The Morgan fingerprint density at radius 3 is 3.00 bits per heavy atom. The van der Waals surface area contributed by atoms with Crippen LogP contribution in [0.1, 0.15) is 11.1 Å². The van der Waals surface area contributed by atoms with Crippen LogP contribution in [-0.2, 0) is 6.42 Å². The van der Waals surface area contributed by atoms with Crippen molar-refractivity contribution in [1.29, 1.82) is 5.26 Å². The van der Waals surface area contributed by atoms with Gasteiger partial charge in [0.1, 0.15) is 0 Å². The van der Waals surface area contributed by atoms with Gasteiger partial charge < -0.3 is 5.11 Å². The average molecular weight is 203 g/mol. The molecule has 70 valence electrons. The van der Waals surface area contributed by atoms with E-state index in [2.05, 4.69) is 6.07 Å². The van der Waals surface area contributed by atoms with Crippen molar-refractivity contribution in [2.45, 2.75) is 6.42 Å². The summed E-state index contributed by atoms with van der Waals surface area (Å²) in [7, 11) is 0. The number of nitrogens with zero attached hydrogens (tertiary/aromatic N) is 1. The van der Waals surface area contributed by atoms with E-state index < -0.39 is 0 Å². The van der Waals surface area contributed by atoms with Crippen molar-refractivity contribution in [3.05, 3.63) is 34.7 Å². The lowest BCUT2D eigenvalue weighted by atomic mass is 10.1. The van der Waals surface area contributed by atoms with Gasteiger partial charge in [-0.15, -0.1) is 11.3 Å². The van der Waals surface area contributed by atoms with Crippen LogP contribution in [0.4, 0.5) is 0 Å². The first-order valence-corrected chi connectivity index (χ1v) is 5.24. The molecule has 0 aliphatic heterocycles. The van der Waals surface area contributed by atoms with Crippen LogP contribution < -0.4 is 0 Å². The highest BCUT2D eigenvalue weighted by Crippen LogP contribution is 2.27. The number of aliphatic hydroxyl groups is 1. The molecule has 2 aromatic rings. The zero-order chi connectivity index (χ0) is 9.97. The zero-order valence-electron chi connectivity index (χ0n) is 7.53. The van der Waals surface area contributed by atoms with Gasteiger partial charge in [-0.3, -0.25) is 0 Å². The standard InChI is InChI=1S/C11H9NOS/c12-6-8-1-2-11-10(5-8)9(3-4-13)7-14-11/h1-2,5,7,13H,3-4H2. The third-order valence-electron chi connectivity index (χ3n) is 2.16. The summed E-state index contributed by atoms with van der Waals surface area (Å²) in [4.78, 5) is 0. The van der Waals surface area contributed by atoms with E-state index in [9.17, 15) is 0 Å². The molecule has 0 saturated carbocycles. The lowest BCUT2D eigenvalue weighted by Crippen LogP contribution is -1.88. The second-order valence-corrected chi connectivity index (χ2v) is 3.97. The molecule has 0 aliphatic carbocycles. The van der Waals surface area contributed by atoms with Gasteiger partial charge in [0.25, 0.3) is 0 Å². The summed E-state index contributed by atoms with van der Waals surface area (Å²) in [6, 6.07) is 7.78. The lowest BCUT2D eigenvalue weighted by molar-refractivity contribution is 0.300. The van der Waals surface area contributed by atoms with Crippen LogP contribution in [0.5, 0.6) is 0 Å². The summed E-state index contributed by atoms with van der Waals surface area (Å²) < 4.78 is 1.17. The molecule has 2 nitrogen and oxygen atoms in total. The fourth-order valence-corrected chi connectivity index (χ4v) is 2.44. The molecule has 1 N–H and O–H groups in total. The van der Waals surface area contributed by atoms with E-state index in [4.69, 9.17) is 10.4 Å². The van der Waals surface area contributed by atoms with Crippen molar-refractivity contribution in [3.8, 4) is 6.07 Å². The Bertz CT molecular complexity index is 495. The highest BCUT2D eigenvalue weighted by molar-refractivity contribution is 7.17. The van der Waals surface area contributed by atoms with Gasteiger partial charge in [0.05, 0.1) is 11.6 Å². The first-order valence-electron chi connectivity index (χ1n) is 4.36. The second-order valence-electron chi connectivity index (χ2n) is 3.06. The molecule has 3 heteroatoms. The molecule has 0 saturated heterocycles. The molecule has 0 unspecified atom stereocenters. The maximum atomic E-state index is 8.86. The third-order valence-corrected chi connectivity index (χ3v) is 3.18.